The first-order valence-electron chi connectivity index (χ1n) is 10.7. The molecule has 3 heterocycles. The Labute approximate surface area is 212 Å². The van der Waals surface area contributed by atoms with Gasteiger partial charge in [-0.3, -0.25) is 9.29 Å². The van der Waals surface area contributed by atoms with E-state index in [1.54, 1.807) is 41.5 Å². The molecule has 2 atom stereocenters. The Hall–Kier alpha value is -3.62. The molecular formula is C22H25N7O5S2. The molecule has 14 heteroatoms. The molecule has 0 spiro atoms. The molecular weight excluding hydrogens is 506 g/mol. The Morgan fingerprint density at radius 1 is 1.03 bits per heavy atom. The predicted molar refractivity (Wildman–Crippen MR) is 134 cm³/mol. The Kier molecular flexibility index (Phi) is 7.47. The predicted octanol–water partition coefficient (Wildman–Crippen LogP) is 3.02. The van der Waals surface area contributed by atoms with Gasteiger partial charge in [0.25, 0.3) is 0 Å². The van der Waals surface area contributed by atoms with Crippen molar-refractivity contribution in [1.82, 2.24) is 29.7 Å². The molecule has 0 aliphatic rings. The van der Waals surface area contributed by atoms with Gasteiger partial charge in [-0.25, -0.2) is 23.4 Å². The second kappa shape index (κ2) is 10.6. The molecule has 0 amide bonds. The summed E-state index contributed by atoms with van der Waals surface area (Å²) in [6, 6.07) is 5.20. The van der Waals surface area contributed by atoms with Gasteiger partial charge in [0.15, 0.2) is 11.6 Å². The largest absolute Gasteiger partial charge is 0.494 e. The fourth-order valence-corrected chi connectivity index (χ4v) is 5.20. The summed E-state index contributed by atoms with van der Waals surface area (Å²) in [7, 11) is 0.323. The van der Waals surface area contributed by atoms with Crippen LogP contribution in [0.4, 0.5) is 5.95 Å². The van der Waals surface area contributed by atoms with E-state index in [-0.39, 0.29) is 11.8 Å². The number of nitrogens with one attached hydrogen (secondary N) is 1. The van der Waals surface area contributed by atoms with Gasteiger partial charge in [-0.05, 0) is 31.5 Å². The molecule has 1 N–H and O–H groups in total. The van der Waals surface area contributed by atoms with Crippen LogP contribution in [0, 0.1) is 6.92 Å². The number of hydrogen-bond donors (Lipinski definition) is 1. The molecule has 0 aliphatic heterocycles. The fourth-order valence-electron chi connectivity index (χ4n) is 3.54. The van der Waals surface area contributed by atoms with Crippen LogP contribution >= 0.6 is 11.3 Å². The average Bonchev–Trinajstić information content (AvgIpc) is 3.54. The van der Waals surface area contributed by atoms with E-state index in [0.29, 0.717) is 28.7 Å². The van der Waals surface area contributed by atoms with Crippen LogP contribution in [0.15, 0.2) is 41.5 Å². The lowest BCUT2D eigenvalue weighted by Crippen LogP contribution is -2.33. The lowest BCUT2D eigenvalue weighted by molar-refractivity contribution is 0.0949. The summed E-state index contributed by atoms with van der Waals surface area (Å²) in [5.74, 6) is 1.31. The summed E-state index contributed by atoms with van der Waals surface area (Å²) in [4.78, 5) is 12.8. The highest BCUT2D eigenvalue weighted by Gasteiger charge is 2.35. The second-order valence-corrected chi connectivity index (χ2v) is 10.5. The fraction of sp³-hybridized carbons (Fsp3) is 0.318. The van der Waals surface area contributed by atoms with Crippen molar-refractivity contribution in [2.24, 2.45) is 0 Å². The number of rotatable bonds is 10. The van der Waals surface area contributed by atoms with Gasteiger partial charge in [-0.15, -0.1) is 21.5 Å². The van der Waals surface area contributed by atoms with Crippen molar-refractivity contribution in [2.75, 3.05) is 26.1 Å². The summed E-state index contributed by atoms with van der Waals surface area (Å²) >= 11 is 1.37. The first kappa shape index (κ1) is 25.5. The zero-order valence-corrected chi connectivity index (χ0v) is 21.9. The van der Waals surface area contributed by atoms with Crippen molar-refractivity contribution in [3.8, 4) is 28.7 Å². The van der Waals surface area contributed by atoms with Crippen molar-refractivity contribution < 1.29 is 22.6 Å². The summed E-state index contributed by atoms with van der Waals surface area (Å²) in [5, 5.41) is 9.06. The number of anilines is 1. The van der Waals surface area contributed by atoms with Crippen LogP contribution in [0.5, 0.6) is 11.5 Å². The van der Waals surface area contributed by atoms with Crippen LogP contribution < -0.4 is 14.2 Å². The smallest absolute Gasteiger partial charge is 0.243 e. The lowest BCUT2D eigenvalue weighted by Gasteiger charge is -2.22. The van der Waals surface area contributed by atoms with E-state index >= 15 is 0 Å². The van der Waals surface area contributed by atoms with Crippen LogP contribution in [0.3, 0.4) is 0 Å². The topological polar surface area (TPSA) is 143 Å². The quantitative estimate of drug-likeness (QED) is 0.324. The van der Waals surface area contributed by atoms with Crippen molar-refractivity contribution in [2.45, 2.75) is 25.2 Å². The van der Waals surface area contributed by atoms with Crippen LogP contribution in [0.25, 0.3) is 17.2 Å². The molecule has 36 heavy (non-hydrogen) atoms. The van der Waals surface area contributed by atoms with E-state index in [0.717, 1.165) is 5.56 Å². The third-order valence-electron chi connectivity index (χ3n) is 5.41. The number of nitrogens with zero attached hydrogens (tertiary/aromatic N) is 6. The molecule has 0 saturated carbocycles. The highest BCUT2D eigenvalue weighted by Crippen LogP contribution is 2.38. The molecule has 0 fully saturated rings. The zero-order chi connectivity index (χ0) is 25.9. The zero-order valence-electron chi connectivity index (χ0n) is 20.2. The number of methoxy groups -OCH3 is 3. The van der Waals surface area contributed by atoms with Gasteiger partial charge in [0, 0.05) is 24.9 Å². The molecule has 0 saturated heterocycles. The van der Waals surface area contributed by atoms with Crippen molar-refractivity contribution in [3.63, 3.8) is 0 Å². The normalized spacial score (nSPS) is 13.2. The van der Waals surface area contributed by atoms with Crippen LogP contribution in [-0.4, -0.2) is 64.7 Å². The van der Waals surface area contributed by atoms with E-state index in [2.05, 4.69) is 29.9 Å². The van der Waals surface area contributed by atoms with Gasteiger partial charge < -0.3 is 14.2 Å². The maximum atomic E-state index is 13.5. The second-order valence-electron chi connectivity index (χ2n) is 7.69. The maximum absolute atomic E-state index is 13.5. The number of sulfonamides is 1. The summed E-state index contributed by atoms with van der Waals surface area (Å²) in [6.45, 7) is 3.34. The van der Waals surface area contributed by atoms with E-state index in [9.17, 15) is 8.42 Å². The Morgan fingerprint density at radius 3 is 2.25 bits per heavy atom. The lowest BCUT2D eigenvalue weighted by atomic mass is 10.2. The van der Waals surface area contributed by atoms with Crippen LogP contribution in [0.1, 0.15) is 24.4 Å². The monoisotopic (exact) mass is 531 g/mol. The van der Waals surface area contributed by atoms with Gasteiger partial charge in [-0.1, -0.05) is 6.07 Å². The molecule has 4 rings (SSSR count). The van der Waals surface area contributed by atoms with Gasteiger partial charge in [0.05, 0.1) is 19.7 Å². The van der Waals surface area contributed by atoms with E-state index in [1.165, 1.54) is 44.2 Å². The summed E-state index contributed by atoms with van der Waals surface area (Å²) < 4.78 is 47.7. The minimum Gasteiger partial charge on any atom is -0.494 e. The molecule has 0 aliphatic carbocycles. The molecule has 190 valence electrons. The van der Waals surface area contributed by atoms with Crippen molar-refractivity contribution >= 4 is 27.3 Å². The molecule has 0 bridgehead atoms. The standard InChI is InChI=1S/C22H25N7O5S2/c1-13-9-23-20(24-10-13)19(34-5)14(2)36(30,31)28-22-27-26-21(15-11-35-12-25-15)29(22)18-16(32-3)7-6-8-17(18)33-4/h6-12,14,19H,1-5H3,(H,27,28). The van der Waals surface area contributed by atoms with E-state index < -0.39 is 21.4 Å². The minimum absolute atomic E-state index is 0.0765. The first-order chi connectivity index (χ1) is 17.3. The summed E-state index contributed by atoms with van der Waals surface area (Å²) in [6.07, 6.45) is 2.27. The maximum Gasteiger partial charge on any atom is 0.243 e. The highest BCUT2D eigenvalue weighted by atomic mass is 32.2. The van der Waals surface area contributed by atoms with E-state index in [1.807, 2.05) is 6.92 Å². The third kappa shape index (κ3) is 4.87. The van der Waals surface area contributed by atoms with Crippen molar-refractivity contribution in [3.05, 3.63) is 52.9 Å². The van der Waals surface area contributed by atoms with E-state index in [4.69, 9.17) is 14.2 Å². The number of thiazole rings is 1. The van der Waals surface area contributed by atoms with Gasteiger partial charge >= 0.3 is 0 Å². The van der Waals surface area contributed by atoms with Gasteiger partial charge in [0.2, 0.25) is 16.0 Å². The van der Waals surface area contributed by atoms with Gasteiger partial charge in [0.1, 0.15) is 34.2 Å². The molecule has 1 aromatic carbocycles. The van der Waals surface area contributed by atoms with Crippen LogP contribution in [-0.2, 0) is 14.8 Å². The molecule has 12 nitrogen and oxygen atoms in total. The minimum atomic E-state index is -4.09. The SMILES string of the molecule is COc1cccc(OC)c1-n1c(NS(=O)(=O)C(C)C(OC)c2ncc(C)cn2)nnc1-c1cscn1. The number of aryl methyl sites for hydroxylation is 1. The molecule has 2 unspecified atom stereocenters. The van der Waals surface area contributed by atoms with Crippen molar-refractivity contribution in [1.29, 1.82) is 0 Å². The highest BCUT2D eigenvalue weighted by molar-refractivity contribution is 7.93. The average molecular weight is 532 g/mol. The number of ether oxygens (including phenoxy) is 3. The Balaban J connectivity index is 1.81. The van der Waals surface area contributed by atoms with Gasteiger partial charge in [-0.2, -0.15) is 0 Å². The summed E-state index contributed by atoms with van der Waals surface area (Å²) in [5.41, 5.74) is 3.40. The Morgan fingerprint density at radius 2 is 1.69 bits per heavy atom. The first-order valence-corrected chi connectivity index (χ1v) is 13.2. The number of benzene rings is 1. The Bertz CT molecular complexity index is 1400. The number of aromatic nitrogens is 6. The number of hydrogen-bond acceptors (Lipinski definition) is 11. The molecule has 3 aromatic heterocycles. The molecule has 4 aromatic rings. The number of para-hydroxylation sites is 1. The van der Waals surface area contributed by atoms with Crippen LogP contribution in [0.2, 0.25) is 0 Å². The molecule has 0 radical (unpaired) electrons. The third-order valence-corrected chi connectivity index (χ3v) is 7.69.